The van der Waals surface area contributed by atoms with Crippen molar-refractivity contribution in [2.24, 2.45) is 0 Å². The van der Waals surface area contributed by atoms with Crippen LogP contribution >= 0.6 is 34.5 Å². The Morgan fingerprint density at radius 3 is 2.85 bits per heavy atom. The molecule has 0 aliphatic rings. The first kappa shape index (κ1) is 13.1. The molecular formula is C12H5Cl2N5S. The van der Waals surface area contributed by atoms with Crippen molar-refractivity contribution in [1.82, 2.24) is 20.4 Å². The number of nitrogens with zero attached hydrogens (tertiary/aromatic N) is 4. The number of benzene rings is 1. The van der Waals surface area contributed by atoms with Crippen LogP contribution in [0.2, 0.25) is 10.0 Å². The number of nitriles is 1. The number of hydrogen-bond donors (Lipinski definition) is 1. The van der Waals surface area contributed by atoms with Crippen LogP contribution in [-0.4, -0.2) is 20.4 Å². The lowest BCUT2D eigenvalue weighted by molar-refractivity contribution is 0.936. The average molecular weight is 322 g/mol. The molecule has 8 heteroatoms. The lowest BCUT2D eigenvalue weighted by Crippen LogP contribution is -1.83. The molecule has 0 radical (unpaired) electrons. The van der Waals surface area contributed by atoms with E-state index in [1.165, 1.54) is 11.3 Å². The van der Waals surface area contributed by atoms with Crippen molar-refractivity contribution >= 4 is 34.5 Å². The molecule has 0 aliphatic carbocycles. The Hall–Kier alpha value is -1.94. The minimum absolute atomic E-state index is 0.288. The molecule has 0 atom stereocenters. The third-order valence-electron chi connectivity index (χ3n) is 2.57. The standard InChI is InChI=1S/C12H5Cl2N5S/c13-7-2-1-6(3-8(7)14)12-16-10(5-20-12)11-9(4-15)17-19-18-11/h1-3,5H,(H,17,18,19). The van der Waals surface area contributed by atoms with Crippen LogP contribution in [0.5, 0.6) is 0 Å². The molecule has 1 N–H and O–H groups in total. The van der Waals surface area contributed by atoms with E-state index in [1.807, 2.05) is 17.5 Å². The monoisotopic (exact) mass is 321 g/mol. The molecule has 0 amide bonds. The van der Waals surface area contributed by atoms with Gasteiger partial charge in [-0.05, 0) is 12.1 Å². The highest BCUT2D eigenvalue weighted by Crippen LogP contribution is 2.32. The second kappa shape index (κ2) is 5.21. The first-order valence-electron chi connectivity index (χ1n) is 5.41. The van der Waals surface area contributed by atoms with Gasteiger partial charge in [0.2, 0.25) is 0 Å². The van der Waals surface area contributed by atoms with E-state index in [-0.39, 0.29) is 5.69 Å². The number of thiazole rings is 1. The zero-order chi connectivity index (χ0) is 14.1. The van der Waals surface area contributed by atoms with Gasteiger partial charge in [-0.1, -0.05) is 34.5 Å². The summed E-state index contributed by atoms with van der Waals surface area (Å²) in [6.07, 6.45) is 0. The predicted molar refractivity (Wildman–Crippen MR) is 77.7 cm³/mol. The summed E-state index contributed by atoms with van der Waals surface area (Å²) in [6, 6.07) is 7.29. The summed E-state index contributed by atoms with van der Waals surface area (Å²) < 4.78 is 0. The van der Waals surface area contributed by atoms with Gasteiger partial charge in [0, 0.05) is 10.9 Å². The van der Waals surface area contributed by atoms with Gasteiger partial charge in [-0.15, -0.1) is 16.4 Å². The highest BCUT2D eigenvalue weighted by atomic mass is 35.5. The van der Waals surface area contributed by atoms with Crippen molar-refractivity contribution < 1.29 is 0 Å². The van der Waals surface area contributed by atoms with E-state index in [0.29, 0.717) is 21.4 Å². The Bertz CT molecular complexity index is 817. The third kappa shape index (κ3) is 2.27. The van der Waals surface area contributed by atoms with E-state index in [1.54, 1.807) is 12.1 Å². The molecule has 2 heterocycles. The fourth-order valence-electron chi connectivity index (χ4n) is 1.63. The van der Waals surface area contributed by atoms with Gasteiger partial charge in [0.15, 0.2) is 5.69 Å². The van der Waals surface area contributed by atoms with Gasteiger partial charge in [0.25, 0.3) is 0 Å². The van der Waals surface area contributed by atoms with Crippen molar-refractivity contribution in [2.75, 3.05) is 0 Å². The molecule has 0 spiro atoms. The molecule has 3 rings (SSSR count). The molecular weight excluding hydrogens is 317 g/mol. The third-order valence-corrected chi connectivity index (χ3v) is 4.20. The molecule has 3 aromatic rings. The SMILES string of the molecule is N#Cc1[nH]nnc1-c1csc(-c2ccc(Cl)c(Cl)c2)n1. The first-order valence-corrected chi connectivity index (χ1v) is 7.05. The van der Waals surface area contributed by atoms with Crippen molar-refractivity contribution in [2.45, 2.75) is 0 Å². The zero-order valence-corrected chi connectivity index (χ0v) is 12.1. The fourth-order valence-corrected chi connectivity index (χ4v) is 2.73. The van der Waals surface area contributed by atoms with Crippen LogP contribution in [0.1, 0.15) is 5.69 Å². The topological polar surface area (TPSA) is 78.2 Å². The Morgan fingerprint density at radius 1 is 1.25 bits per heavy atom. The number of hydrogen-bond acceptors (Lipinski definition) is 5. The molecule has 20 heavy (non-hydrogen) atoms. The molecule has 0 aliphatic heterocycles. The predicted octanol–water partition coefficient (Wildman–Crippen LogP) is 3.77. The van der Waals surface area contributed by atoms with Gasteiger partial charge in [-0.25, -0.2) is 10.1 Å². The van der Waals surface area contributed by atoms with Gasteiger partial charge >= 0.3 is 0 Å². The maximum absolute atomic E-state index is 8.94. The molecule has 0 unspecified atom stereocenters. The Morgan fingerprint density at radius 2 is 2.10 bits per heavy atom. The van der Waals surface area contributed by atoms with Gasteiger partial charge < -0.3 is 0 Å². The molecule has 0 saturated heterocycles. The highest BCUT2D eigenvalue weighted by molar-refractivity contribution is 7.13. The maximum atomic E-state index is 8.94. The summed E-state index contributed by atoms with van der Waals surface area (Å²) in [5.74, 6) is 0. The minimum Gasteiger partial charge on any atom is -0.247 e. The minimum atomic E-state index is 0.288. The van der Waals surface area contributed by atoms with Crippen LogP contribution in [0.25, 0.3) is 22.0 Å². The van der Waals surface area contributed by atoms with Crippen molar-refractivity contribution in [3.05, 3.63) is 39.3 Å². The summed E-state index contributed by atoms with van der Waals surface area (Å²) in [4.78, 5) is 4.45. The molecule has 0 saturated carbocycles. The van der Waals surface area contributed by atoms with Gasteiger partial charge in [-0.2, -0.15) is 5.26 Å². The van der Waals surface area contributed by atoms with E-state index < -0.39 is 0 Å². The summed E-state index contributed by atoms with van der Waals surface area (Å²) in [7, 11) is 0. The van der Waals surface area contributed by atoms with Crippen LogP contribution < -0.4 is 0 Å². The van der Waals surface area contributed by atoms with Crippen LogP contribution in [0, 0.1) is 11.3 Å². The van der Waals surface area contributed by atoms with E-state index >= 15 is 0 Å². The second-order valence-corrected chi connectivity index (χ2v) is 5.49. The molecule has 1 aromatic carbocycles. The molecule has 0 bridgehead atoms. The highest BCUT2D eigenvalue weighted by Gasteiger charge is 2.14. The number of nitrogens with one attached hydrogen (secondary N) is 1. The molecule has 2 aromatic heterocycles. The number of H-pyrrole nitrogens is 1. The van der Waals surface area contributed by atoms with E-state index in [9.17, 15) is 0 Å². The number of aromatic amines is 1. The first-order chi connectivity index (χ1) is 9.69. The largest absolute Gasteiger partial charge is 0.247 e. The Labute approximate surface area is 127 Å². The second-order valence-electron chi connectivity index (χ2n) is 3.81. The lowest BCUT2D eigenvalue weighted by atomic mass is 10.2. The fraction of sp³-hybridized carbons (Fsp3) is 0. The number of rotatable bonds is 2. The summed E-state index contributed by atoms with van der Waals surface area (Å²) in [5.41, 5.74) is 2.19. The van der Waals surface area contributed by atoms with Crippen LogP contribution in [-0.2, 0) is 0 Å². The maximum Gasteiger partial charge on any atom is 0.165 e. The van der Waals surface area contributed by atoms with E-state index in [4.69, 9.17) is 28.5 Å². The van der Waals surface area contributed by atoms with Gasteiger partial charge in [0.1, 0.15) is 22.5 Å². The van der Waals surface area contributed by atoms with Crippen molar-refractivity contribution in [3.63, 3.8) is 0 Å². The van der Waals surface area contributed by atoms with E-state index in [0.717, 1.165) is 10.6 Å². The molecule has 0 fully saturated rings. The smallest absolute Gasteiger partial charge is 0.165 e. The number of halogens is 2. The van der Waals surface area contributed by atoms with Crippen molar-refractivity contribution in [3.8, 4) is 28.0 Å². The quantitative estimate of drug-likeness (QED) is 0.779. The molecule has 5 nitrogen and oxygen atoms in total. The van der Waals surface area contributed by atoms with Gasteiger partial charge in [0.05, 0.1) is 10.0 Å². The molecule has 98 valence electrons. The normalized spacial score (nSPS) is 10.4. The summed E-state index contributed by atoms with van der Waals surface area (Å²) in [6.45, 7) is 0. The summed E-state index contributed by atoms with van der Waals surface area (Å²) >= 11 is 13.3. The summed E-state index contributed by atoms with van der Waals surface area (Å²) in [5, 5.41) is 22.5. The Kier molecular flexibility index (Phi) is 3.40. The van der Waals surface area contributed by atoms with Gasteiger partial charge in [-0.3, -0.25) is 0 Å². The Balaban J connectivity index is 2.02. The average Bonchev–Trinajstić information content (AvgIpc) is 3.09. The number of aromatic nitrogens is 4. The van der Waals surface area contributed by atoms with E-state index in [2.05, 4.69) is 20.4 Å². The zero-order valence-electron chi connectivity index (χ0n) is 9.76. The van der Waals surface area contributed by atoms with Crippen LogP contribution in [0.4, 0.5) is 0 Å². The lowest BCUT2D eigenvalue weighted by Gasteiger charge is -1.99. The van der Waals surface area contributed by atoms with Crippen LogP contribution in [0.3, 0.4) is 0 Å². The van der Waals surface area contributed by atoms with Crippen LogP contribution in [0.15, 0.2) is 23.6 Å². The van der Waals surface area contributed by atoms with Crippen molar-refractivity contribution in [1.29, 1.82) is 5.26 Å².